The molecule has 2 heterocycles. The molecule has 1 aliphatic heterocycles. The Bertz CT molecular complexity index is 380. The molecule has 1 aliphatic rings. The average Bonchev–Trinajstić information content (AvgIpc) is 2.25. The van der Waals surface area contributed by atoms with E-state index in [4.69, 9.17) is 14.6 Å². The van der Waals surface area contributed by atoms with Crippen molar-refractivity contribution < 1.29 is 27.8 Å². The van der Waals surface area contributed by atoms with Gasteiger partial charge in [-0.05, 0) is 6.07 Å². The van der Waals surface area contributed by atoms with Crippen LogP contribution in [-0.4, -0.2) is 41.4 Å². The molecule has 1 aromatic heterocycles. The summed E-state index contributed by atoms with van der Waals surface area (Å²) in [7, 11) is 0. The van der Waals surface area contributed by atoms with Gasteiger partial charge in [0.2, 0.25) is 5.88 Å². The van der Waals surface area contributed by atoms with Crippen molar-refractivity contribution in [3.63, 3.8) is 0 Å². The Labute approximate surface area is 101 Å². The molecule has 0 saturated carbocycles. The molecule has 0 bridgehead atoms. The second-order valence-electron chi connectivity index (χ2n) is 3.37. The number of hydrogen-bond donors (Lipinski definition) is 2. The molecule has 0 aromatic carbocycles. The minimum Gasteiger partial charge on any atom is -0.475 e. The molecule has 1 aromatic rings. The first-order chi connectivity index (χ1) is 8.39. The van der Waals surface area contributed by atoms with Gasteiger partial charge in [0, 0.05) is 25.4 Å². The molecule has 1 saturated heterocycles. The Balaban J connectivity index is 0.000000203. The summed E-state index contributed by atoms with van der Waals surface area (Å²) in [4.78, 5) is 12.9. The van der Waals surface area contributed by atoms with Crippen LogP contribution in [0.4, 0.5) is 13.2 Å². The quantitative estimate of drug-likeness (QED) is 0.836. The molecule has 2 N–H and O–H groups in total. The number of nitrogens with one attached hydrogen (secondary N) is 1. The Kier molecular flexibility index (Phi) is 4.90. The minimum atomic E-state index is -5.08. The van der Waals surface area contributed by atoms with Gasteiger partial charge in [-0.25, -0.2) is 9.78 Å². The smallest absolute Gasteiger partial charge is 0.475 e. The fourth-order valence-electron chi connectivity index (χ4n) is 0.933. The van der Waals surface area contributed by atoms with Crippen LogP contribution in [-0.2, 0) is 4.79 Å². The third-order valence-electron chi connectivity index (χ3n) is 1.91. The molecule has 18 heavy (non-hydrogen) atoms. The van der Waals surface area contributed by atoms with Gasteiger partial charge in [0.15, 0.2) is 0 Å². The van der Waals surface area contributed by atoms with E-state index in [1.807, 2.05) is 18.2 Å². The highest BCUT2D eigenvalue weighted by atomic mass is 19.4. The summed E-state index contributed by atoms with van der Waals surface area (Å²) < 4.78 is 37.2. The van der Waals surface area contributed by atoms with Gasteiger partial charge >= 0.3 is 12.1 Å². The molecule has 100 valence electrons. The van der Waals surface area contributed by atoms with E-state index < -0.39 is 12.1 Å². The van der Waals surface area contributed by atoms with Crippen LogP contribution in [0, 0.1) is 0 Å². The summed E-state index contributed by atoms with van der Waals surface area (Å²) in [6.07, 6.45) is -3.02. The maximum absolute atomic E-state index is 10.6. The van der Waals surface area contributed by atoms with E-state index in [0.29, 0.717) is 6.10 Å². The van der Waals surface area contributed by atoms with Crippen LogP contribution in [0.2, 0.25) is 0 Å². The number of carboxylic acids is 1. The standard InChI is InChI=1S/C8H10N2O.C2HF3O2/c1-2-4-10-8(3-1)11-7-5-9-6-7;3-2(4,5)1(6)7/h1-4,7,9H,5-6H2;(H,6,7). The number of alkyl halides is 3. The normalized spacial score (nSPS) is 15.1. The number of aromatic nitrogens is 1. The largest absolute Gasteiger partial charge is 0.490 e. The summed E-state index contributed by atoms with van der Waals surface area (Å²) in [6, 6.07) is 5.68. The second-order valence-corrected chi connectivity index (χ2v) is 3.37. The lowest BCUT2D eigenvalue weighted by Crippen LogP contribution is -2.50. The summed E-state index contributed by atoms with van der Waals surface area (Å²) in [5.74, 6) is -2.04. The SMILES string of the molecule is O=C(O)C(F)(F)F.c1ccc(OC2CNC2)nc1. The molecule has 0 unspecified atom stereocenters. The molecule has 1 fully saturated rings. The first kappa shape index (κ1) is 14.2. The Morgan fingerprint density at radius 2 is 2.06 bits per heavy atom. The van der Waals surface area contributed by atoms with Crippen LogP contribution in [0.25, 0.3) is 0 Å². The van der Waals surface area contributed by atoms with Gasteiger partial charge in [-0.1, -0.05) is 6.07 Å². The van der Waals surface area contributed by atoms with Crippen molar-refractivity contribution in [3.05, 3.63) is 24.4 Å². The monoisotopic (exact) mass is 264 g/mol. The lowest BCUT2D eigenvalue weighted by Gasteiger charge is -2.26. The van der Waals surface area contributed by atoms with Crippen molar-refractivity contribution >= 4 is 5.97 Å². The number of carbonyl (C=O) groups is 1. The molecule has 0 spiro atoms. The molecule has 0 radical (unpaired) electrons. The molecule has 0 atom stereocenters. The zero-order chi connectivity index (χ0) is 13.6. The van der Waals surface area contributed by atoms with Crippen LogP contribution in [0.15, 0.2) is 24.4 Å². The lowest BCUT2D eigenvalue weighted by atomic mass is 10.2. The number of aliphatic carboxylic acids is 1. The van der Waals surface area contributed by atoms with E-state index in [1.54, 1.807) is 6.20 Å². The first-order valence-electron chi connectivity index (χ1n) is 4.98. The Hall–Kier alpha value is -1.83. The van der Waals surface area contributed by atoms with E-state index in [9.17, 15) is 13.2 Å². The first-order valence-corrected chi connectivity index (χ1v) is 4.98. The van der Waals surface area contributed by atoms with Crippen molar-refractivity contribution in [1.82, 2.24) is 10.3 Å². The molecular weight excluding hydrogens is 253 g/mol. The highest BCUT2D eigenvalue weighted by molar-refractivity contribution is 5.73. The Morgan fingerprint density at radius 1 is 1.44 bits per heavy atom. The van der Waals surface area contributed by atoms with Gasteiger partial charge in [0.25, 0.3) is 0 Å². The number of rotatable bonds is 2. The molecular formula is C10H11F3N2O3. The van der Waals surface area contributed by atoms with Gasteiger partial charge < -0.3 is 15.2 Å². The van der Waals surface area contributed by atoms with Crippen LogP contribution in [0.1, 0.15) is 0 Å². The fourth-order valence-corrected chi connectivity index (χ4v) is 0.933. The summed E-state index contributed by atoms with van der Waals surface area (Å²) in [5.41, 5.74) is 0. The fraction of sp³-hybridized carbons (Fsp3) is 0.400. The summed E-state index contributed by atoms with van der Waals surface area (Å²) >= 11 is 0. The topological polar surface area (TPSA) is 71.5 Å². The lowest BCUT2D eigenvalue weighted by molar-refractivity contribution is -0.192. The zero-order valence-electron chi connectivity index (χ0n) is 9.15. The van der Waals surface area contributed by atoms with E-state index in [1.165, 1.54) is 0 Å². The molecule has 5 nitrogen and oxygen atoms in total. The van der Waals surface area contributed by atoms with E-state index in [2.05, 4.69) is 10.3 Å². The third kappa shape index (κ3) is 5.00. The van der Waals surface area contributed by atoms with Crippen LogP contribution >= 0.6 is 0 Å². The minimum absolute atomic E-state index is 0.324. The van der Waals surface area contributed by atoms with Crippen LogP contribution in [0.5, 0.6) is 5.88 Å². The molecule has 0 amide bonds. The number of pyridine rings is 1. The number of carboxylic acid groups (broad SMARTS) is 1. The van der Waals surface area contributed by atoms with Crippen molar-refractivity contribution in [2.75, 3.05) is 13.1 Å². The molecule has 0 aliphatic carbocycles. The maximum atomic E-state index is 10.6. The van der Waals surface area contributed by atoms with Gasteiger partial charge in [-0.15, -0.1) is 0 Å². The number of halogens is 3. The van der Waals surface area contributed by atoms with Crippen molar-refractivity contribution in [3.8, 4) is 5.88 Å². The Morgan fingerprint density at radius 3 is 2.39 bits per heavy atom. The number of nitrogens with zero attached hydrogens (tertiary/aromatic N) is 1. The van der Waals surface area contributed by atoms with Crippen molar-refractivity contribution in [2.45, 2.75) is 12.3 Å². The van der Waals surface area contributed by atoms with E-state index in [-0.39, 0.29) is 0 Å². The van der Waals surface area contributed by atoms with E-state index >= 15 is 0 Å². The van der Waals surface area contributed by atoms with Gasteiger partial charge in [0.1, 0.15) is 6.10 Å². The maximum Gasteiger partial charge on any atom is 0.490 e. The van der Waals surface area contributed by atoms with Gasteiger partial charge in [-0.3, -0.25) is 0 Å². The predicted molar refractivity (Wildman–Crippen MR) is 55.2 cm³/mol. The third-order valence-corrected chi connectivity index (χ3v) is 1.91. The molecule has 8 heteroatoms. The number of ether oxygens (including phenoxy) is 1. The zero-order valence-corrected chi connectivity index (χ0v) is 9.15. The van der Waals surface area contributed by atoms with Crippen molar-refractivity contribution in [2.24, 2.45) is 0 Å². The molecule has 2 rings (SSSR count). The van der Waals surface area contributed by atoms with Crippen LogP contribution < -0.4 is 10.1 Å². The summed E-state index contributed by atoms with van der Waals surface area (Å²) in [6.45, 7) is 1.88. The van der Waals surface area contributed by atoms with Gasteiger partial charge in [-0.2, -0.15) is 13.2 Å². The number of hydrogen-bond acceptors (Lipinski definition) is 4. The van der Waals surface area contributed by atoms with E-state index in [0.717, 1.165) is 19.0 Å². The summed E-state index contributed by atoms with van der Waals surface area (Å²) in [5, 5.41) is 10.3. The average molecular weight is 264 g/mol. The highest BCUT2D eigenvalue weighted by Gasteiger charge is 2.38. The van der Waals surface area contributed by atoms with Gasteiger partial charge in [0.05, 0.1) is 0 Å². The van der Waals surface area contributed by atoms with Crippen molar-refractivity contribution in [1.29, 1.82) is 0 Å². The second kappa shape index (κ2) is 6.20. The van der Waals surface area contributed by atoms with Crippen LogP contribution in [0.3, 0.4) is 0 Å². The highest BCUT2D eigenvalue weighted by Crippen LogP contribution is 2.13. The predicted octanol–water partition coefficient (Wildman–Crippen LogP) is 1.07.